The standard InChI is InChI=1S/C17H21NO3/c1-21-11-5-4-10-18-15(19)12-17(16(18)20)9-8-13-6-2-3-7-14(13)17/h2-3,6-7H,4-5,8-12H2,1H3/t17-/m0/s1. The highest BCUT2D eigenvalue weighted by Crippen LogP contribution is 2.46. The van der Waals surface area contributed by atoms with Crippen molar-refractivity contribution in [3.8, 4) is 0 Å². The van der Waals surface area contributed by atoms with Crippen molar-refractivity contribution in [1.82, 2.24) is 4.90 Å². The van der Waals surface area contributed by atoms with Gasteiger partial charge in [0.2, 0.25) is 11.8 Å². The topological polar surface area (TPSA) is 46.6 Å². The van der Waals surface area contributed by atoms with Crippen LogP contribution in [0.4, 0.5) is 0 Å². The van der Waals surface area contributed by atoms with E-state index in [1.54, 1.807) is 7.11 Å². The van der Waals surface area contributed by atoms with Crippen molar-refractivity contribution in [2.24, 2.45) is 0 Å². The van der Waals surface area contributed by atoms with Crippen LogP contribution in [-0.2, 0) is 26.2 Å². The van der Waals surface area contributed by atoms with E-state index in [1.807, 2.05) is 18.2 Å². The molecule has 1 aromatic rings. The van der Waals surface area contributed by atoms with Gasteiger partial charge < -0.3 is 4.74 Å². The van der Waals surface area contributed by atoms with Crippen LogP contribution in [0.25, 0.3) is 0 Å². The fourth-order valence-corrected chi connectivity index (χ4v) is 3.64. The molecule has 1 saturated heterocycles. The minimum absolute atomic E-state index is 0.00914. The van der Waals surface area contributed by atoms with Crippen LogP contribution in [0.1, 0.15) is 36.8 Å². The Labute approximate surface area is 125 Å². The second kappa shape index (κ2) is 5.60. The number of rotatable bonds is 5. The Morgan fingerprint density at radius 2 is 2.05 bits per heavy atom. The summed E-state index contributed by atoms with van der Waals surface area (Å²) in [6, 6.07) is 8.05. The Kier molecular flexibility index (Phi) is 3.81. The van der Waals surface area contributed by atoms with Crippen molar-refractivity contribution in [1.29, 1.82) is 0 Å². The number of benzene rings is 1. The molecule has 0 unspecified atom stereocenters. The number of aryl methyl sites for hydroxylation is 1. The average Bonchev–Trinajstić information content (AvgIpc) is 2.97. The fourth-order valence-electron chi connectivity index (χ4n) is 3.64. The van der Waals surface area contributed by atoms with Crippen LogP contribution < -0.4 is 0 Å². The van der Waals surface area contributed by atoms with E-state index < -0.39 is 5.41 Å². The smallest absolute Gasteiger partial charge is 0.240 e. The number of carbonyl (C=O) groups excluding carboxylic acids is 2. The molecule has 1 heterocycles. The maximum Gasteiger partial charge on any atom is 0.240 e. The van der Waals surface area contributed by atoms with E-state index >= 15 is 0 Å². The summed E-state index contributed by atoms with van der Waals surface area (Å²) in [6.07, 6.45) is 3.69. The van der Waals surface area contributed by atoms with Gasteiger partial charge in [-0.3, -0.25) is 14.5 Å². The van der Waals surface area contributed by atoms with Gasteiger partial charge in [0.1, 0.15) is 0 Å². The fraction of sp³-hybridized carbons (Fsp3) is 0.529. The first-order valence-electron chi connectivity index (χ1n) is 7.61. The molecule has 0 bridgehead atoms. The Morgan fingerprint density at radius 1 is 1.24 bits per heavy atom. The number of fused-ring (bicyclic) bond motifs is 2. The molecule has 1 fully saturated rings. The van der Waals surface area contributed by atoms with E-state index in [-0.39, 0.29) is 11.8 Å². The molecule has 0 radical (unpaired) electrons. The van der Waals surface area contributed by atoms with Gasteiger partial charge in [-0.1, -0.05) is 24.3 Å². The minimum atomic E-state index is -0.574. The van der Waals surface area contributed by atoms with Crippen LogP contribution in [0.5, 0.6) is 0 Å². The van der Waals surface area contributed by atoms with E-state index in [0.29, 0.717) is 19.6 Å². The summed E-state index contributed by atoms with van der Waals surface area (Å²) >= 11 is 0. The van der Waals surface area contributed by atoms with Crippen LogP contribution >= 0.6 is 0 Å². The third-order valence-corrected chi connectivity index (χ3v) is 4.74. The summed E-state index contributed by atoms with van der Waals surface area (Å²) in [4.78, 5) is 26.6. The molecule has 21 heavy (non-hydrogen) atoms. The number of amides is 2. The summed E-state index contributed by atoms with van der Waals surface area (Å²) in [5.41, 5.74) is 1.72. The molecule has 1 atom stereocenters. The maximum atomic E-state index is 12.8. The number of nitrogens with zero attached hydrogens (tertiary/aromatic N) is 1. The van der Waals surface area contributed by atoms with Crippen molar-refractivity contribution in [2.45, 2.75) is 37.5 Å². The van der Waals surface area contributed by atoms with Gasteiger partial charge in [0, 0.05) is 26.7 Å². The zero-order valence-electron chi connectivity index (χ0n) is 12.4. The number of hydrogen-bond donors (Lipinski definition) is 0. The second-order valence-corrected chi connectivity index (χ2v) is 5.97. The first-order chi connectivity index (χ1) is 10.2. The third kappa shape index (κ3) is 2.27. The van der Waals surface area contributed by atoms with Gasteiger partial charge in [0.25, 0.3) is 0 Å². The molecular formula is C17H21NO3. The van der Waals surface area contributed by atoms with Crippen LogP contribution in [0.15, 0.2) is 24.3 Å². The van der Waals surface area contributed by atoms with Crippen LogP contribution in [0.3, 0.4) is 0 Å². The second-order valence-electron chi connectivity index (χ2n) is 5.97. The molecule has 1 aromatic carbocycles. The van der Waals surface area contributed by atoms with Gasteiger partial charge in [-0.15, -0.1) is 0 Å². The predicted octanol–water partition coefficient (Wildman–Crippen LogP) is 2.06. The van der Waals surface area contributed by atoms with Gasteiger partial charge in [-0.25, -0.2) is 0 Å². The molecule has 4 heteroatoms. The maximum absolute atomic E-state index is 12.8. The third-order valence-electron chi connectivity index (χ3n) is 4.74. The number of likely N-dealkylation sites (tertiary alicyclic amines) is 1. The largest absolute Gasteiger partial charge is 0.385 e. The Bertz CT molecular complexity index is 569. The number of hydrogen-bond acceptors (Lipinski definition) is 3. The van der Waals surface area contributed by atoms with Crippen molar-refractivity contribution < 1.29 is 14.3 Å². The first-order valence-corrected chi connectivity index (χ1v) is 7.61. The molecule has 1 spiro atoms. The molecular weight excluding hydrogens is 266 g/mol. The normalized spacial score (nSPS) is 24.1. The monoisotopic (exact) mass is 287 g/mol. The molecule has 2 amide bonds. The molecule has 2 aliphatic rings. The summed E-state index contributed by atoms with van der Waals surface area (Å²) in [7, 11) is 1.66. The van der Waals surface area contributed by atoms with E-state index in [2.05, 4.69) is 6.07 Å². The van der Waals surface area contributed by atoms with Crippen molar-refractivity contribution in [3.63, 3.8) is 0 Å². The van der Waals surface area contributed by atoms with E-state index in [4.69, 9.17) is 4.74 Å². The molecule has 0 saturated carbocycles. The zero-order valence-corrected chi connectivity index (χ0v) is 12.4. The zero-order chi connectivity index (χ0) is 14.9. The van der Waals surface area contributed by atoms with Gasteiger partial charge in [-0.2, -0.15) is 0 Å². The van der Waals surface area contributed by atoms with E-state index in [1.165, 1.54) is 10.5 Å². The lowest BCUT2D eigenvalue weighted by molar-refractivity contribution is -0.140. The number of imide groups is 1. The Morgan fingerprint density at radius 3 is 2.86 bits per heavy atom. The Hall–Kier alpha value is -1.68. The summed E-state index contributed by atoms with van der Waals surface area (Å²) < 4.78 is 5.01. The first kappa shape index (κ1) is 14.3. The van der Waals surface area contributed by atoms with Crippen molar-refractivity contribution >= 4 is 11.8 Å². The van der Waals surface area contributed by atoms with E-state index in [9.17, 15) is 9.59 Å². The highest BCUT2D eigenvalue weighted by atomic mass is 16.5. The number of ether oxygens (including phenoxy) is 1. The minimum Gasteiger partial charge on any atom is -0.385 e. The molecule has 1 aliphatic heterocycles. The number of methoxy groups -OCH3 is 1. The molecule has 112 valence electrons. The number of carbonyl (C=O) groups is 2. The van der Waals surface area contributed by atoms with Gasteiger partial charge in [0.15, 0.2) is 0 Å². The van der Waals surface area contributed by atoms with Gasteiger partial charge in [0.05, 0.1) is 5.41 Å². The molecule has 0 aromatic heterocycles. The molecule has 3 rings (SSSR count). The lowest BCUT2D eigenvalue weighted by Crippen LogP contribution is -2.37. The average molecular weight is 287 g/mol. The quantitative estimate of drug-likeness (QED) is 0.615. The highest BCUT2D eigenvalue weighted by molar-refractivity contribution is 6.09. The lowest BCUT2D eigenvalue weighted by atomic mass is 9.80. The van der Waals surface area contributed by atoms with E-state index in [0.717, 1.165) is 31.2 Å². The van der Waals surface area contributed by atoms with Crippen LogP contribution in [0.2, 0.25) is 0 Å². The highest BCUT2D eigenvalue weighted by Gasteiger charge is 2.54. The SMILES string of the molecule is COCCCCN1C(=O)C[C@]2(CCc3ccccc32)C1=O. The lowest BCUT2D eigenvalue weighted by Gasteiger charge is -2.22. The summed E-state index contributed by atoms with van der Waals surface area (Å²) in [5, 5.41) is 0. The van der Waals surface area contributed by atoms with Crippen molar-refractivity contribution in [2.75, 3.05) is 20.3 Å². The van der Waals surface area contributed by atoms with Crippen LogP contribution in [-0.4, -0.2) is 37.0 Å². The summed E-state index contributed by atoms with van der Waals surface area (Å²) in [6.45, 7) is 1.19. The summed E-state index contributed by atoms with van der Waals surface area (Å²) in [5.74, 6) is -0.0102. The molecule has 4 nitrogen and oxygen atoms in total. The predicted molar refractivity (Wildman–Crippen MR) is 78.9 cm³/mol. The van der Waals surface area contributed by atoms with Crippen molar-refractivity contribution in [3.05, 3.63) is 35.4 Å². The molecule has 0 N–H and O–H groups in total. The molecule has 1 aliphatic carbocycles. The number of unbranched alkanes of at least 4 members (excludes halogenated alkanes) is 1. The Balaban J connectivity index is 1.78. The van der Waals surface area contributed by atoms with Gasteiger partial charge >= 0.3 is 0 Å². The van der Waals surface area contributed by atoms with Gasteiger partial charge in [-0.05, 0) is 36.8 Å². The van der Waals surface area contributed by atoms with Crippen LogP contribution in [0, 0.1) is 0 Å².